The van der Waals surface area contributed by atoms with Crippen molar-refractivity contribution in [1.29, 1.82) is 0 Å². The minimum Gasteiger partial charge on any atom is -0.380 e. The Kier molecular flexibility index (Phi) is 6.81. The lowest BCUT2D eigenvalue weighted by molar-refractivity contribution is 0.185. The highest BCUT2D eigenvalue weighted by atomic mass is 19.1. The van der Waals surface area contributed by atoms with Gasteiger partial charge in [0.2, 0.25) is 0 Å². The average molecular weight is 388 g/mol. The third-order valence-electron chi connectivity index (χ3n) is 4.77. The first-order valence-electron chi connectivity index (χ1n) is 9.33. The van der Waals surface area contributed by atoms with E-state index in [0.717, 1.165) is 23.6 Å². The highest BCUT2D eigenvalue weighted by Gasteiger charge is 2.25. The van der Waals surface area contributed by atoms with E-state index < -0.39 is 11.6 Å². The smallest absolute Gasteiger partial charge is 0.191 e. The first kappa shape index (κ1) is 20.1. The van der Waals surface area contributed by atoms with Crippen LogP contribution in [0.2, 0.25) is 0 Å². The van der Waals surface area contributed by atoms with Gasteiger partial charge in [0, 0.05) is 45.9 Å². The molecule has 1 heterocycles. The Hall–Kier alpha value is -2.67. The van der Waals surface area contributed by atoms with Crippen LogP contribution < -0.4 is 15.5 Å². The molecular weight excluding hydrogens is 362 g/mol. The topological polar surface area (TPSA) is 48.9 Å². The molecule has 7 heteroatoms. The number of guanidine groups is 1. The highest BCUT2D eigenvalue weighted by Crippen LogP contribution is 2.24. The molecule has 0 bridgehead atoms. The number of nitrogens with one attached hydrogen (secondary N) is 2. The molecule has 0 radical (unpaired) electrons. The number of anilines is 1. The van der Waals surface area contributed by atoms with E-state index in [1.165, 1.54) is 12.1 Å². The molecule has 1 atom stereocenters. The zero-order chi connectivity index (χ0) is 19.9. The molecule has 2 N–H and O–H groups in total. The molecule has 28 heavy (non-hydrogen) atoms. The first-order chi connectivity index (χ1) is 13.6. The Labute approximate surface area is 164 Å². The maximum Gasteiger partial charge on any atom is 0.191 e. The van der Waals surface area contributed by atoms with Gasteiger partial charge in [0.15, 0.2) is 5.96 Å². The largest absolute Gasteiger partial charge is 0.380 e. The monoisotopic (exact) mass is 388 g/mol. The van der Waals surface area contributed by atoms with Gasteiger partial charge >= 0.3 is 0 Å². The second-order valence-corrected chi connectivity index (χ2v) is 6.85. The number of rotatable bonds is 6. The van der Waals surface area contributed by atoms with Crippen molar-refractivity contribution in [1.82, 2.24) is 10.6 Å². The molecule has 0 aromatic heterocycles. The van der Waals surface area contributed by atoms with Crippen LogP contribution in [-0.4, -0.2) is 39.2 Å². The van der Waals surface area contributed by atoms with Crippen molar-refractivity contribution in [2.75, 3.05) is 32.1 Å². The normalized spacial score (nSPS) is 17.1. The van der Waals surface area contributed by atoms with Crippen LogP contribution in [0.3, 0.4) is 0 Å². The van der Waals surface area contributed by atoms with E-state index in [1.54, 1.807) is 14.2 Å². The summed E-state index contributed by atoms with van der Waals surface area (Å²) in [5, 5.41) is 6.69. The van der Waals surface area contributed by atoms with Gasteiger partial charge in [-0.1, -0.05) is 24.3 Å². The van der Waals surface area contributed by atoms with Crippen LogP contribution in [0.1, 0.15) is 17.5 Å². The van der Waals surface area contributed by atoms with E-state index in [-0.39, 0.29) is 6.04 Å². The summed E-state index contributed by atoms with van der Waals surface area (Å²) in [7, 11) is 3.41. The van der Waals surface area contributed by atoms with Gasteiger partial charge in [-0.25, -0.2) is 8.78 Å². The SMILES string of the molecule is CN=C(NCc1cccc(COC)c1)NC1CCN(c2ccc(F)cc2F)C1. The molecule has 1 aliphatic heterocycles. The van der Waals surface area contributed by atoms with Gasteiger partial charge in [0.05, 0.1) is 12.3 Å². The fourth-order valence-electron chi connectivity index (χ4n) is 3.40. The molecule has 5 nitrogen and oxygen atoms in total. The van der Waals surface area contributed by atoms with Gasteiger partial charge in [0.25, 0.3) is 0 Å². The Morgan fingerprint density at radius 2 is 2.04 bits per heavy atom. The predicted octanol–water partition coefficient (Wildman–Crippen LogP) is 3.06. The van der Waals surface area contributed by atoms with E-state index in [0.29, 0.717) is 37.9 Å². The molecule has 0 amide bonds. The van der Waals surface area contributed by atoms with E-state index in [9.17, 15) is 8.78 Å². The maximum absolute atomic E-state index is 14.0. The zero-order valence-electron chi connectivity index (χ0n) is 16.2. The molecular formula is C21H26F2N4O. The number of nitrogens with zero attached hydrogens (tertiary/aromatic N) is 2. The van der Waals surface area contributed by atoms with Crippen LogP contribution in [0.4, 0.5) is 14.5 Å². The van der Waals surface area contributed by atoms with Crippen LogP contribution >= 0.6 is 0 Å². The molecule has 0 spiro atoms. The summed E-state index contributed by atoms with van der Waals surface area (Å²) in [4.78, 5) is 6.20. The van der Waals surface area contributed by atoms with Gasteiger partial charge in [-0.05, 0) is 29.7 Å². The number of benzene rings is 2. The Balaban J connectivity index is 1.53. The maximum atomic E-state index is 14.0. The second-order valence-electron chi connectivity index (χ2n) is 6.85. The molecule has 0 saturated carbocycles. The number of methoxy groups -OCH3 is 1. The van der Waals surface area contributed by atoms with Crippen LogP contribution in [0.25, 0.3) is 0 Å². The summed E-state index contributed by atoms with van der Waals surface area (Å²) >= 11 is 0. The molecule has 1 aliphatic rings. The fraction of sp³-hybridized carbons (Fsp3) is 0.381. The van der Waals surface area contributed by atoms with Gasteiger partial charge < -0.3 is 20.3 Å². The Bertz CT molecular complexity index is 828. The molecule has 150 valence electrons. The number of hydrogen-bond acceptors (Lipinski definition) is 3. The summed E-state index contributed by atoms with van der Waals surface area (Å²) in [6.45, 7) is 2.56. The Morgan fingerprint density at radius 3 is 2.79 bits per heavy atom. The van der Waals surface area contributed by atoms with Gasteiger partial charge in [-0.15, -0.1) is 0 Å². The van der Waals surface area contributed by atoms with Crippen molar-refractivity contribution in [2.24, 2.45) is 4.99 Å². The molecule has 2 aromatic carbocycles. The van der Waals surface area contributed by atoms with E-state index >= 15 is 0 Å². The summed E-state index contributed by atoms with van der Waals surface area (Å²) in [6, 6.07) is 12.0. The highest BCUT2D eigenvalue weighted by molar-refractivity contribution is 5.80. The minimum atomic E-state index is -0.561. The molecule has 2 aromatic rings. The lowest BCUT2D eigenvalue weighted by Gasteiger charge is -2.21. The molecule has 1 unspecified atom stereocenters. The minimum absolute atomic E-state index is 0.135. The molecule has 1 fully saturated rings. The summed E-state index contributed by atoms with van der Waals surface area (Å²) in [5.74, 6) is -0.392. The van der Waals surface area contributed by atoms with Gasteiger partial charge in [0.1, 0.15) is 11.6 Å². The van der Waals surface area contributed by atoms with Crippen LogP contribution in [0.15, 0.2) is 47.5 Å². The van der Waals surface area contributed by atoms with Crippen LogP contribution in [-0.2, 0) is 17.9 Å². The predicted molar refractivity (Wildman–Crippen MR) is 107 cm³/mol. The van der Waals surface area contributed by atoms with Crippen molar-refractivity contribution in [3.05, 3.63) is 65.2 Å². The third-order valence-corrected chi connectivity index (χ3v) is 4.77. The van der Waals surface area contributed by atoms with Crippen LogP contribution in [0, 0.1) is 11.6 Å². The van der Waals surface area contributed by atoms with Crippen molar-refractivity contribution >= 4 is 11.6 Å². The molecule has 3 rings (SSSR count). The second kappa shape index (κ2) is 9.50. The third kappa shape index (κ3) is 5.19. The number of ether oxygens (including phenoxy) is 1. The van der Waals surface area contributed by atoms with Crippen molar-refractivity contribution in [3.63, 3.8) is 0 Å². The van der Waals surface area contributed by atoms with Crippen molar-refractivity contribution in [2.45, 2.75) is 25.6 Å². The summed E-state index contributed by atoms with van der Waals surface area (Å²) in [5.41, 5.74) is 2.69. The van der Waals surface area contributed by atoms with E-state index in [1.807, 2.05) is 23.1 Å². The molecule has 1 saturated heterocycles. The Morgan fingerprint density at radius 1 is 1.21 bits per heavy atom. The lowest BCUT2D eigenvalue weighted by atomic mass is 10.1. The standard InChI is InChI=1S/C21H26F2N4O/c1-24-21(25-12-15-4-3-5-16(10-15)14-28-2)26-18-8-9-27(13-18)20-7-6-17(22)11-19(20)23/h3-7,10-11,18H,8-9,12-14H2,1-2H3,(H2,24,25,26). The van der Waals surface area contributed by atoms with Gasteiger partial charge in [-0.2, -0.15) is 0 Å². The van der Waals surface area contributed by atoms with Crippen molar-refractivity contribution < 1.29 is 13.5 Å². The van der Waals surface area contributed by atoms with Crippen LogP contribution in [0.5, 0.6) is 0 Å². The fourth-order valence-corrected chi connectivity index (χ4v) is 3.40. The van der Waals surface area contributed by atoms with E-state index in [4.69, 9.17) is 4.74 Å². The van der Waals surface area contributed by atoms with Crippen molar-refractivity contribution in [3.8, 4) is 0 Å². The summed E-state index contributed by atoms with van der Waals surface area (Å²) < 4.78 is 32.3. The quantitative estimate of drug-likeness (QED) is 0.590. The number of hydrogen-bond donors (Lipinski definition) is 2. The zero-order valence-corrected chi connectivity index (χ0v) is 16.2. The first-order valence-corrected chi connectivity index (χ1v) is 9.33. The summed E-state index contributed by atoms with van der Waals surface area (Å²) in [6.07, 6.45) is 0.848. The van der Waals surface area contributed by atoms with Gasteiger partial charge in [-0.3, -0.25) is 4.99 Å². The van der Waals surface area contributed by atoms with E-state index in [2.05, 4.69) is 21.7 Å². The number of aliphatic imine (C=N–C) groups is 1. The molecule has 0 aliphatic carbocycles. The number of halogens is 2. The lowest BCUT2D eigenvalue weighted by Crippen LogP contribution is -2.44. The average Bonchev–Trinajstić information content (AvgIpc) is 3.14.